The lowest BCUT2D eigenvalue weighted by Crippen LogP contribution is -2.34. The SMILES string of the molecule is C1COCOOC2(CCCC2)OOCOC1. The van der Waals surface area contributed by atoms with E-state index in [9.17, 15) is 0 Å². The molecule has 0 aromatic heterocycles. The van der Waals surface area contributed by atoms with Crippen molar-refractivity contribution in [3.8, 4) is 0 Å². The van der Waals surface area contributed by atoms with Gasteiger partial charge in [0.05, 0.1) is 13.2 Å². The Morgan fingerprint density at radius 3 is 1.81 bits per heavy atom. The molecule has 1 spiro atoms. The third kappa shape index (κ3) is 3.65. The fourth-order valence-electron chi connectivity index (χ4n) is 1.81. The van der Waals surface area contributed by atoms with E-state index in [1.165, 1.54) is 0 Å². The monoisotopic (exact) mass is 234 g/mol. The topological polar surface area (TPSA) is 55.4 Å². The Morgan fingerprint density at radius 2 is 1.25 bits per heavy atom. The first-order chi connectivity index (χ1) is 7.91. The standard InChI is InChI=1S/C10H18O6/c1-2-5-10(4-1)15-13-8-11-6-3-7-12-9-14-16-10/h1-9H2. The van der Waals surface area contributed by atoms with Crippen LogP contribution in [0, 0.1) is 0 Å². The van der Waals surface area contributed by atoms with Gasteiger partial charge in [-0.2, -0.15) is 9.78 Å². The molecule has 0 aromatic rings. The maximum Gasteiger partial charge on any atom is 0.234 e. The van der Waals surface area contributed by atoms with Crippen LogP contribution < -0.4 is 0 Å². The summed E-state index contributed by atoms with van der Waals surface area (Å²) < 4.78 is 10.4. The molecule has 0 aromatic carbocycles. The molecule has 94 valence electrons. The molecule has 0 unspecified atom stereocenters. The van der Waals surface area contributed by atoms with Crippen molar-refractivity contribution in [3.05, 3.63) is 0 Å². The van der Waals surface area contributed by atoms with E-state index in [-0.39, 0.29) is 13.6 Å². The quantitative estimate of drug-likeness (QED) is 0.592. The lowest BCUT2D eigenvalue weighted by atomic mass is 10.2. The molecule has 6 heteroatoms. The van der Waals surface area contributed by atoms with Crippen molar-refractivity contribution in [3.63, 3.8) is 0 Å². The van der Waals surface area contributed by atoms with Crippen molar-refractivity contribution in [1.82, 2.24) is 0 Å². The number of rotatable bonds is 0. The van der Waals surface area contributed by atoms with Crippen LogP contribution in [0.3, 0.4) is 0 Å². The second-order valence-electron chi connectivity index (χ2n) is 3.93. The summed E-state index contributed by atoms with van der Waals surface area (Å²) in [6.45, 7) is 1.37. The van der Waals surface area contributed by atoms with Crippen molar-refractivity contribution < 1.29 is 29.0 Å². The molecule has 1 heterocycles. The second kappa shape index (κ2) is 6.48. The van der Waals surface area contributed by atoms with Crippen molar-refractivity contribution in [2.45, 2.75) is 37.9 Å². The molecule has 1 aliphatic heterocycles. The number of hydrogen-bond donors (Lipinski definition) is 0. The maximum absolute atomic E-state index is 5.24. The Morgan fingerprint density at radius 1 is 0.688 bits per heavy atom. The molecule has 2 rings (SSSR count). The van der Waals surface area contributed by atoms with Crippen LogP contribution in [0.5, 0.6) is 0 Å². The van der Waals surface area contributed by atoms with Gasteiger partial charge in [-0.05, 0) is 19.3 Å². The van der Waals surface area contributed by atoms with Gasteiger partial charge in [-0.25, -0.2) is 9.78 Å². The highest BCUT2D eigenvalue weighted by atomic mass is 17.3. The first-order valence-corrected chi connectivity index (χ1v) is 5.68. The minimum atomic E-state index is -0.786. The van der Waals surface area contributed by atoms with Crippen LogP contribution in [0.25, 0.3) is 0 Å². The smallest absolute Gasteiger partial charge is 0.234 e. The fourth-order valence-corrected chi connectivity index (χ4v) is 1.81. The van der Waals surface area contributed by atoms with Crippen molar-refractivity contribution in [1.29, 1.82) is 0 Å². The van der Waals surface area contributed by atoms with Gasteiger partial charge in [-0.15, -0.1) is 0 Å². The largest absolute Gasteiger partial charge is 0.352 e. The molecule has 2 fully saturated rings. The fraction of sp³-hybridized carbons (Fsp3) is 1.00. The van der Waals surface area contributed by atoms with Gasteiger partial charge in [0.15, 0.2) is 13.6 Å². The first kappa shape index (κ1) is 12.2. The minimum absolute atomic E-state index is 0.102. The molecule has 1 aliphatic carbocycles. The second-order valence-corrected chi connectivity index (χ2v) is 3.93. The van der Waals surface area contributed by atoms with Crippen LogP contribution in [0.1, 0.15) is 32.1 Å². The Bertz CT molecular complexity index is 178. The zero-order valence-electron chi connectivity index (χ0n) is 9.31. The Hall–Kier alpha value is -0.240. The molecule has 6 nitrogen and oxygen atoms in total. The summed E-state index contributed by atoms with van der Waals surface area (Å²) in [4.78, 5) is 20.4. The van der Waals surface area contributed by atoms with E-state index in [0.717, 1.165) is 32.1 Å². The molecule has 0 atom stereocenters. The van der Waals surface area contributed by atoms with Gasteiger partial charge >= 0.3 is 0 Å². The normalized spacial score (nSPS) is 28.5. The molecule has 16 heavy (non-hydrogen) atoms. The number of ether oxygens (including phenoxy) is 2. The van der Waals surface area contributed by atoms with Crippen LogP contribution in [0.15, 0.2) is 0 Å². The van der Waals surface area contributed by atoms with E-state index in [1.54, 1.807) is 0 Å². The minimum Gasteiger partial charge on any atom is -0.352 e. The van der Waals surface area contributed by atoms with Crippen LogP contribution in [-0.2, 0) is 29.0 Å². The van der Waals surface area contributed by atoms with Gasteiger partial charge in [-0.3, -0.25) is 0 Å². The summed E-state index contributed by atoms with van der Waals surface area (Å²) in [6, 6.07) is 0. The Kier molecular flexibility index (Phi) is 4.95. The van der Waals surface area contributed by atoms with Crippen LogP contribution in [0.4, 0.5) is 0 Å². The van der Waals surface area contributed by atoms with Crippen LogP contribution in [-0.4, -0.2) is 32.6 Å². The zero-order chi connectivity index (χ0) is 11.1. The summed E-state index contributed by atoms with van der Waals surface area (Å²) in [7, 11) is 0. The molecule has 1 saturated carbocycles. The molecular weight excluding hydrogens is 216 g/mol. The third-order valence-electron chi connectivity index (χ3n) is 2.63. The molecule has 0 bridgehead atoms. The molecule has 1 saturated heterocycles. The lowest BCUT2D eigenvalue weighted by Gasteiger charge is -2.26. The maximum atomic E-state index is 5.24. The van der Waals surface area contributed by atoms with Gasteiger partial charge in [0, 0.05) is 12.8 Å². The van der Waals surface area contributed by atoms with Crippen molar-refractivity contribution in [2.24, 2.45) is 0 Å². The summed E-state index contributed by atoms with van der Waals surface area (Å²) >= 11 is 0. The van der Waals surface area contributed by atoms with E-state index in [1.807, 2.05) is 0 Å². The highest BCUT2D eigenvalue weighted by molar-refractivity contribution is 4.74. The van der Waals surface area contributed by atoms with Crippen LogP contribution >= 0.6 is 0 Å². The molecular formula is C10H18O6. The average Bonchev–Trinajstić information content (AvgIpc) is 2.73. The highest BCUT2D eigenvalue weighted by Crippen LogP contribution is 2.34. The van der Waals surface area contributed by atoms with Crippen molar-refractivity contribution in [2.75, 3.05) is 26.8 Å². The Labute approximate surface area is 94.6 Å². The predicted molar refractivity (Wildman–Crippen MR) is 51.8 cm³/mol. The molecule has 0 radical (unpaired) electrons. The molecule has 0 N–H and O–H groups in total. The predicted octanol–water partition coefficient (Wildman–Crippen LogP) is 1.50. The van der Waals surface area contributed by atoms with Gasteiger partial charge < -0.3 is 9.47 Å². The summed E-state index contributed by atoms with van der Waals surface area (Å²) in [5, 5.41) is 0. The van der Waals surface area contributed by atoms with E-state index < -0.39 is 5.79 Å². The highest BCUT2D eigenvalue weighted by Gasteiger charge is 2.39. The van der Waals surface area contributed by atoms with Crippen molar-refractivity contribution >= 4 is 0 Å². The van der Waals surface area contributed by atoms with E-state index in [4.69, 9.17) is 29.0 Å². The van der Waals surface area contributed by atoms with E-state index in [0.29, 0.717) is 13.2 Å². The molecule has 2 aliphatic rings. The summed E-state index contributed by atoms with van der Waals surface area (Å²) in [6.07, 6.45) is 4.38. The van der Waals surface area contributed by atoms with Gasteiger partial charge in [0.25, 0.3) is 0 Å². The van der Waals surface area contributed by atoms with E-state index in [2.05, 4.69) is 0 Å². The summed E-state index contributed by atoms with van der Waals surface area (Å²) in [5.74, 6) is -0.786. The zero-order valence-corrected chi connectivity index (χ0v) is 9.31. The van der Waals surface area contributed by atoms with Gasteiger partial charge in [0.1, 0.15) is 0 Å². The average molecular weight is 234 g/mol. The van der Waals surface area contributed by atoms with Gasteiger partial charge in [0.2, 0.25) is 5.79 Å². The van der Waals surface area contributed by atoms with E-state index >= 15 is 0 Å². The Balaban J connectivity index is 1.80. The first-order valence-electron chi connectivity index (χ1n) is 5.68. The summed E-state index contributed by atoms with van der Waals surface area (Å²) in [5.41, 5.74) is 0. The third-order valence-corrected chi connectivity index (χ3v) is 2.63. The molecule has 0 amide bonds. The van der Waals surface area contributed by atoms with Gasteiger partial charge in [-0.1, -0.05) is 0 Å². The van der Waals surface area contributed by atoms with Crippen LogP contribution in [0.2, 0.25) is 0 Å². The number of hydrogen-bond acceptors (Lipinski definition) is 6. The lowest BCUT2D eigenvalue weighted by molar-refractivity contribution is -0.528.